The third-order valence-corrected chi connectivity index (χ3v) is 4.84. The van der Waals surface area contributed by atoms with Gasteiger partial charge in [-0.15, -0.1) is 22.7 Å². The summed E-state index contributed by atoms with van der Waals surface area (Å²) in [4.78, 5) is 21.1. The number of hydrogen-bond donors (Lipinski definition) is 1. The van der Waals surface area contributed by atoms with Gasteiger partial charge >= 0.3 is 0 Å². The fourth-order valence-corrected chi connectivity index (χ4v) is 3.60. The van der Waals surface area contributed by atoms with Crippen molar-refractivity contribution in [1.29, 1.82) is 0 Å². The molecule has 0 fully saturated rings. The molecule has 0 spiro atoms. The summed E-state index contributed by atoms with van der Waals surface area (Å²) in [6, 6.07) is 6.29. The van der Waals surface area contributed by atoms with E-state index in [9.17, 15) is 9.18 Å². The summed E-state index contributed by atoms with van der Waals surface area (Å²) in [7, 11) is 0. The number of primary amides is 1. The maximum Gasteiger partial charge on any atom is 0.261 e. The number of amides is 1. The molecule has 1 amide bonds. The van der Waals surface area contributed by atoms with E-state index in [0.717, 1.165) is 16.2 Å². The molecule has 0 aliphatic heterocycles. The van der Waals surface area contributed by atoms with Crippen molar-refractivity contribution in [2.75, 3.05) is 0 Å². The maximum atomic E-state index is 13.9. The lowest BCUT2D eigenvalue weighted by Gasteiger charge is -1.97. The van der Waals surface area contributed by atoms with Gasteiger partial charge in [-0.25, -0.2) is 14.4 Å². The predicted molar refractivity (Wildman–Crippen MR) is 80.7 cm³/mol. The Bertz CT molecular complexity index is 825. The van der Waals surface area contributed by atoms with Crippen LogP contribution in [0, 0.1) is 18.3 Å². The molecule has 21 heavy (non-hydrogen) atoms. The standard InChI is InChI=1S/C14H9FN3OS2/c1-7-11(20-6-17-7)10-12(13(16)19)21-14(18-10)8-4-2-3-5-9(8)15/h2-5H,1H3,(H2,16,19). The van der Waals surface area contributed by atoms with E-state index >= 15 is 0 Å². The van der Waals surface area contributed by atoms with Crippen LogP contribution in [0.5, 0.6) is 0 Å². The van der Waals surface area contributed by atoms with E-state index in [1.807, 2.05) is 0 Å². The van der Waals surface area contributed by atoms with E-state index in [4.69, 9.17) is 5.73 Å². The van der Waals surface area contributed by atoms with Crippen LogP contribution in [0.15, 0.2) is 24.3 Å². The van der Waals surface area contributed by atoms with E-state index in [1.165, 1.54) is 17.4 Å². The number of hydrogen-bond acceptors (Lipinski definition) is 5. The number of aromatic nitrogens is 2. The average molecular weight is 318 g/mol. The zero-order chi connectivity index (χ0) is 15.0. The molecule has 3 aromatic rings. The second-order valence-corrected chi connectivity index (χ2v) is 6.05. The molecule has 2 aromatic heterocycles. The van der Waals surface area contributed by atoms with Gasteiger partial charge in [0.1, 0.15) is 21.4 Å². The van der Waals surface area contributed by atoms with Crippen molar-refractivity contribution < 1.29 is 9.18 Å². The van der Waals surface area contributed by atoms with E-state index in [-0.39, 0.29) is 5.82 Å². The van der Waals surface area contributed by atoms with Crippen molar-refractivity contribution in [3.05, 3.63) is 46.2 Å². The van der Waals surface area contributed by atoms with Gasteiger partial charge in [0, 0.05) is 5.56 Å². The average Bonchev–Trinajstić information content (AvgIpc) is 3.05. The summed E-state index contributed by atoms with van der Waals surface area (Å²) in [5, 5.41) is 0.421. The molecule has 0 aliphatic rings. The summed E-state index contributed by atoms with van der Waals surface area (Å²) >= 11 is 2.33. The molecule has 7 heteroatoms. The number of thiazole rings is 2. The Hall–Kier alpha value is -2.12. The highest BCUT2D eigenvalue weighted by Gasteiger charge is 2.22. The van der Waals surface area contributed by atoms with Gasteiger partial charge in [0.25, 0.3) is 5.91 Å². The third kappa shape index (κ3) is 2.45. The van der Waals surface area contributed by atoms with E-state index in [1.54, 1.807) is 25.1 Å². The number of carbonyl (C=O) groups excluding carboxylic acids is 1. The zero-order valence-electron chi connectivity index (χ0n) is 10.9. The molecule has 0 saturated carbocycles. The first-order valence-corrected chi connectivity index (χ1v) is 7.60. The molecule has 1 aromatic carbocycles. The van der Waals surface area contributed by atoms with Crippen LogP contribution in [-0.4, -0.2) is 15.9 Å². The number of carbonyl (C=O) groups is 1. The van der Waals surface area contributed by atoms with Gasteiger partial charge in [0.15, 0.2) is 5.51 Å². The van der Waals surface area contributed by atoms with E-state index in [2.05, 4.69) is 15.5 Å². The van der Waals surface area contributed by atoms with Crippen LogP contribution in [0.3, 0.4) is 0 Å². The number of rotatable bonds is 3. The van der Waals surface area contributed by atoms with Crippen molar-refractivity contribution in [2.24, 2.45) is 5.73 Å². The van der Waals surface area contributed by atoms with E-state index in [0.29, 0.717) is 26.8 Å². The minimum absolute atomic E-state index is 0.300. The number of benzene rings is 1. The Morgan fingerprint density at radius 3 is 2.76 bits per heavy atom. The number of nitrogens with zero attached hydrogens (tertiary/aromatic N) is 2. The molecule has 0 atom stereocenters. The number of nitrogens with two attached hydrogens (primary N) is 1. The van der Waals surface area contributed by atoms with Gasteiger partial charge in [-0.2, -0.15) is 0 Å². The summed E-state index contributed by atoms with van der Waals surface area (Å²) in [5.74, 6) is -0.973. The molecule has 4 nitrogen and oxygen atoms in total. The van der Waals surface area contributed by atoms with Crippen LogP contribution in [-0.2, 0) is 0 Å². The van der Waals surface area contributed by atoms with Crippen LogP contribution in [0.4, 0.5) is 4.39 Å². The van der Waals surface area contributed by atoms with Crippen LogP contribution in [0.1, 0.15) is 15.4 Å². The highest BCUT2D eigenvalue weighted by Crippen LogP contribution is 2.37. The minimum atomic E-state index is -0.585. The fourth-order valence-electron chi connectivity index (χ4n) is 1.87. The Kier molecular flexibility index (Phi) is 3.52. The second kappa shape index (κ2) is 5.34. The fraction of sp³-hybridized carbons (Fsp3) is 0.0714. The van der Waals surface area contributed by atoms with Gasteiger partial charge in [-0.1, -0.05) is 12.1 Å². The Morgan fingerprint density at radius 2 is 2.14 bits per heavy atom. The molecule has 2 heterocycles. The van der Waals surface area contributed by atoms with Crippen LogP contribution < -0.4 is 5.73 Å². The predicted octanol–water partition coefficient (Wildman–Crippen LogP) is 3.28. The molecular formula is C14H9FN3OS2. The first-order chi connectivity index (χ1) is 10.1. The lowest BCUT2D eigenvalue weighted by atomic mass is 10.2. The second-order valence-electron chi connectivity index (χ2n) is 4.26. The maximum absolute atomic E-state index is 13.9. The lowest BCUT2D eigenvalue weighted by molar-refractivity contribution is 0.100. The molecule has 105 valence electrons. The number of halogens is 1. The quantitative estimate of drug-likeness (QED) is 0.805. The Morgan fingerprint density at radius 1 is 1.38 bits per heavy atom. The third-order valence-electron chi connectivity index (χ3n) is 2.86. The number of aryl methyl sites for hydroxylation is 1. The van der Waals surface area contributed by atoms with E-state index < -0.39 is 5.91 Å². The lowest BCUT2D eigenvalue weighted by Crippen LogP contribution is -2.10. The van der Waals surface area contributed by atoms with Crippen LogP contribution >= 0.6 is 22.7 Å². The summed E-state index contributed by atoms with van der Waals surface area (Å²) in [6.07, 6.45) is 0. The highest BCUT2D eigenvalue weighted by molar-refractivity contribution is 7.18. The molecule has 3 rings (SSSR count). The molecule has 1 radical (unpaired) electrons. The SMILES string of the molecule is Cc1n[c]sc1-c1nc(-c2ccccc2F)sc1C(N)=O. The van der Waals surface area contributed by atoms with Gasteiger partial charge in [-0.3, -0.25) is 4.79 Å². The first-order valence-electron chi connectivity index (χ1n) is 5.97. The Balaban J connectivity index is 2.21. The molecule has 0 bridgehead atoms. The molecule has 0 unspecified atom stereocenters. The van der Waals surface area contributed by atoms with Crippen molar-refractivity contribution in [2.45, 2.75) is 6.92 Å². The van der Waals surface area contributed by atoms with Crippen LogP contribution in [0.2, 0.25) is 0 Å². The summed E-state index contributed by atoms with van der Waals surface area (Å²) < 4.78 is 13.9. The molecular weight excluding hydrogens is 309 g/mol. The van der Waals surface area contributed by atoms with Gasteiger partial charge in [-0.05, 0) is 19.1 Å². The monoisotopic (exact) mass is 318 g/mol. The van der Waals surface area contributed by atoms with Gasteiger partial charge in [0.2, 0.25) is 0 Å². The summed E-state index contributed by atoms with van der Waals surface area (Å²) in [5.41, 5.74) is 9.68. The van der Waals surface area contributed by atoms with Crippen LogP contribution in [0.25, 0.3) is 21.1 Å². The molecule has 2 N–H and O–H groups in total. The van der Waals surface area contributed by atoms with Crippen molar-refractivity contribution in [3.8, 4) is 21.1 Å². The van der Waals surface area contributed by atoms with Crippen molar-refractivity contribution in [1.82, 2.24) is 9.97 Å². The van der Waals surface area contributed by atoms with Crippen molar-refractivity contribution >= 4 is 28.6 Å². The minimum Gasteiger partial charge on any atom is -0.365 e. The Labute approximate surface area is 128 Å². The largest absolute Gasteiger partial charge is 0.365 e. The first kappa shape index (κ1) is 13.8. The van der Waals surface area contributed by atoms with Gasteiger partial charge < -0.3 is 5.73 Å². The normalized spacial score (nSPS) is 10.8. The zero-order valence-corrected chi connectivity index (χ0v) is 12.5. The topological polar surface area (TPSA) is 68.9 Å². The van der Waals surface area contributed by atoms with Crippen molar-refractivity contribution in [3.63, 3.8) is 0 Å². The molecule has 0 aliphatic carbocycles. The summed E-state index contributed by atoms with van der Waals surface area (Å²) in [6.45, 7) is 1.80. The smallest absolute Gasteiger partial charge is 0.261 e. The van der Waals surface area contributed by atoms with Gasteiger partial charge in [0.05, 0.1) is 10.6 Å². The molecule has 0 saturated heterocycles. The highest BCUT2D eigenvalue weighted by atomic mass is 32.1.